The molecule has 31 heavy (non-hydrogen) atoms. The number of esters is 2. The Balaban J connectivity index is 1.58. The molecule has 3 aromatic rings. The lowest BCUT2D eigenvalue weighted by Crippen LogP contribution is -2.36. The summed E-state index contributed by atoms with van der Waals surface area (Å²) in [7, 11) is 0. The standard InChI is InChI=1S/C19H15Cl2FN4O5/c1-9(27)30-14-11(7-29-18(28)10-5-3-2-4-6-10)31-17(12(14)22)26-8-23-13-15(20)24-19(21)25-16(13)26/h2-6,8,11-12,14,17H,7H2,1H3. The third-order valence-corrected chi connectivity index (χ3v) is 5.02. The SMILES string of the molecule is CC(=O)OC1C(COC(=O)c2ccccc2)OC(n2cnc3c(Cl)nc(Cl)nc32)C1F. The molecule has 9 nitrogen and oxygen atoms in total. The average Bonchev–Trinajstić information content (AvgIpc) is 3.28. The van der Waals surface area contributed by atoms with Crippen molar-refractivity contribution in [3.63, 3.8) is 0 Å². The van der Waals surface area contributed by atoms with E-state index in [9.17, 15) is 9.59 Å². The molecule has 1 saturated heterocycles. The molecule has 3 heterocycles. The highest BCUT2D eigenvalue weighted by Crippen LogP contribution is 2.36. The first-order valence-corrected chi connectivity index (χ1v) is 9.85. The zero-order chi connectivity index (χ0) is 22.1. The zero-order valence-electron chi connectivity index (χ0n) is 15.9. The largest absolute Gasteiger partial charge is 0.459 e. The van der Waals surface area contributed by atoms with Crippen molar-refractivity contribution in [2.24, 2.45) is 0 Å². The molecule has 0 amide bonds. The monoisotopic (exact) mass is 468 g/mol. The maximum Gasteiger partial charge on any atom is 0.338 e. The topological polar surface area (TPSA) is 105 Å². The minimum absolute atomic E-state index is 0.00738. The van der Waals surface area contributed by atoms with Crippen LogP contribution in [0, 0.1) is 0 Å². The Morgan fingerprint density at radius 1 is 1.23 bits per heavy atom. The quantitative estimate of drug-likeness (QED) is 0.319. The Kier molecular flexibility index (Phi) is 6.03. The van der Waals surface area contributed by atoms with E-state index >= 15 is 4.39 Å². The lowest BCUT2D eigenvalue weighted by atomic mass is 10.1. The molecule has 1 aliphatic heterocycles. The molecule has 4 unspecified atom stereocenters. The fourth-order valence-electron chi connectivity index (χ4n) is 3.24. The Hall–Kier alpha value is -2.82. The molecule has 1 aliphatic rings. The number of hydrogen-bond donors (Lipinski definition) is 0. The van der Waals surface area contributed by atoms with Gasteiger partial charge in [0.15, 0.2) is 29.3 Å². The van der Waals surface area contributed by atoms with Crippen molar-refractivity contribution in [3.05, 3.63) is 52.7 Å². The van der Waals surface area contributed by atoms with Crippen LogP contribution in [0.25, 0.3) is 11.2 Å². The zero-order valence-corrected chi connectivity index (χ0v) is 17.5. The Morgan fingerprint density at radius 2 is 1.97 bits per heavy atom. The number of halogens is 3. The summed E-state index contributed by atoms with van der Waals surface area (Å²) in [6, 6.07) is 8.27. The van der Waals surface area contributed by atoms with Gasteiger partial charge in [0.1, 0.15) is 18.2 Å². The van der Waals surface area contributed by atoms with Crippen molar-refractivity contribution >= 4 is 46.3 Å². The lowest BCUT2D eigenvalue weighted by Gasteiger charge is -2.18. The number of carbonyl (C=O) groups is 2. The van der Waals surface area contributed by atoms with Gasteiger partial charge in [-0.2, -0.15) is 4.98 Å². The van der Waals surface area contributed by atoms with Gasteiger partial charge in [0, 0.05) is 6.92 Å². The fourth-order valence-corrected chi connectivity index (χ4v) is 3.66. The molecule has 12 heteroatoms. The molecule has 0 aliphatic carbocycles. The first kappa shape index (κ1) is 21.4. The highest BCUT2D eigenvalue weighted by Gasteiger charge is 2.49. The van der Waals surface area contributed by atoms with Crippen LogP contribution < -0.4 is 0 Å². The third-order valence-electron chi connectivity index (χ3n) is 4.58. The number of imidazole rings is 1. The van der Waals surface area contributed by atoms with E-state index in [0.29, 0.717) is 5.56 Å². The molecule has 0 spiro atoms. The van der Waals surface area contributed by atoms with Gasteiger partial charge in [0.25, 0.3) is 0 Å². The number of benzene rings is 1. The summed E-state index contributed by atoms with van der Waals surface area (Å²) in [5.41, 5.74) is 0.658. The van der Waals surface area contributed by atoms with Gasteiger partial charge in [0.2, 0.25) is 5.28 Å². The van der Waals surface area contributed by atoms with Crippen molar-refractivity contribution < 1.29 is 28.2 Å². The summed E-state index contributed by atoms with van der Waals surface area (Å²) in [6.07, 6.45) is -4.22. The van der Waals surface area contributed by atoms with Crippen LogP contribution in [0.15, 0.2) is 36.7 Å². The number of nitrogens with zero attached hydrogens (tertiary/aromatic N) is 4. The van der Waals surface area contributed by atoms with Gasteiger partial charge in [0.05, 0.1) is 11.9 Å². The predicted molar refractivity (Wildman–Crippen MR) is 106 cm³/mol. The second-order valence-corrected chi connectivity index (χ2v) is 7.35. The van der Waals surface area contributed by atoms with E-state index in [1.54, 1.807) is 30.3 Å². The highest BCUT2D eigenvalue weighted by atomic mass is 35.5. The van der Waals surface area contributed by atoms with Gasteiger partial charge in [-0.1, -0.05) is 29.8 Å². The smallest absolute Gasteiger partial charge is 0.338 e. The second kappa shape index (κ2) is 8.74. The van der Waals surface area contributed by atoms with E-state index < -0.39 is 36.5 Å². The van der Waals surface area contributed by atoms with Crippen molar-refractivity contribution in [3.8, 4) is 0 Å². The summed E-state index contributed by atoms with van der Waals surface area (Å²) >= 11 is 11.9. The maximum absolute atomic E-state index is 15.3. The predicted octanol–water partition coefficient (Wildman–Crippen LogP) is 3.16. The number of aromatic nitrogens is 4. The highest BCUT2D eigenvalue weighted by molar-refractivity contribution is 6.35. The van der Waals surface area contributed by atoms with Crippen LogP contribution in [0.3, 0.4) is 0 Å². The molecule has 0 saturated carbocycles. The van der Waals surface area contributed by atoms with Gasteiger partial charge < -0.3 is 14.2 Å². The third kappa shape index (κ3) is 4.32. The Morgan fingerprint density at radius 3 is 2.68 bits per heavy atom. The van der Waals surface area contributed by atoms with E-state index in [1.165, 1.54) is 10.9 Å². The summed E-state index contributed by atoms with van der Waals surface area (Å²) in [5, 5.41) is -0.162. The summed E-state index contributed by atoms with van der Waals surface area (Å²) in [4.78, 5) is 35.6. The Bertz CT molecular complexity index is 1130. The molecule has 0 bridgehead atoms. The van der Waals surface area contributed by atoms with Crippen LogP contribution in [0.4, 0.5) is 4.39 Å². The van der Waals surface area contributed by atoms with Gasteiger partial charge >= 0.3 is 11.9 Å². The minimum atomic E-state index is -1.81. The van der Waals surface area contributed by atoms with Crippen molar-refractivity contribution in [1.82, 2.24) is 19.5 Å². The molecule has 4 rings (SSSR count). The van der Waals surface area contributed by atoms with Gasteiger partial charge in [-0.15, -0.1) is 0 Å². The van der Waals surface area contributed by atoms with Crippen LogP contribution in [-0.4, -0.2) is 56.4 Å². The first-order chi connectivity index (χ1) is 14.8. The van der Waals surface area contributed by atoms with Crippen LogP contribution in [0.2, 0.25) is 10.4 Å². The van der Waals surface area contributed by atoms with Crippen molar-refractivity contribution in [2.45, 2.75) is 31.5 Å². The normalized spacial score (nSPS) is 23.1. The van der Waals surface area contributed by atoms with Crippen LogP contribution in [0.1, 0.15) is 23.5 Å². The minimum Gasteiger partial charge on any atom is -0.459 e. The average molecular weight is 469 g/mol. The van der Waals surface area contributed by atoms with Gasteiger partial charge in [-0.25, -0.2) is 19.2 Å². The van der Waals surface area contributed by atoms with Crippen LogP contribution in [-0.2, 0) is 19.0 Å². The number of fused-ring (bicyclic) bond motifs is 1. The van der Waals surface area contributed by atoms with Crippen LogP contribution >= 0.6 is 23.2 Å². The molecule has 2 aromatic heterocycles. The summed E-state index contributed by atoms with van der Waals surface area (Å²) in [5.74, 6) is -1.33. The molecule has 0 N–H and O–H groups in total. The van der Waals surface area contributed by atoms with Gasteiger partial charge in [-0.3, -0.25) is 9.36 Å². The van der Waals surface area contributed by atoms with Crippen molar-refractivity contribution in [1.29, 1.82) is 0 Å². The fraction of sp³-hybridized carbons (Fsp3) is 0.316. The van der Waals surface area contributed by atoms with E-state index in [-0.39, 0.29) is 28.2 Å². The molecule has 1 fully saturated rings. The Labute approximate surface area is 185 Å². The van der Waals surface area contributed by atoms with Crippen molar-refractivity contribution in [2.75, 3.05) is 6.61 Å². The summed E-state index contributed by atoms with van der Waals surface area (Å²) < 4.78 is 32.7. The summed E-state index contributed by atoms with van der Waals surface area (Å²) in [6.45, 7) is 0.804. The molecule has 1 aromatic carbocycles. The number of hydrogen-bond acceptors (Lipinski definition) is 8. The molecule has 0 radical (unpaired) electrons. The maximum atomic E-state index is 15.3. The second-order valence-electron chi connectivity index (χ2n) is 6.66. The molecule has 162 valence electrons. The molecular weight excluding hydrogens is 454 g/mol. The van der Waals surface area contributed by atoms with E-state index in [4.69, 9.17) is 37.4 Å². The molecule has 4 atom stereocenters. The lowest BCUT2D eigenvalue weighted by molar-refractivity contribution is -0.152. The number of rotatable bonds is 5. The number of carbonyl (C=O) groups excluding carboxylic acids is 2. The van der Waals surface area contributed by atoms with Crippen LogP contribution in [0.5, 0.6) is 0 Å². The number of ether oxygens (including phenoxy) is 3. The molecular formula is C19H15Cl2FN4O5. The van der Waals surface area contributed by atoms with E-state index in [1.807, 2.05) is 0 Å². The first-order valence-electron chi connectivity index (χ1n) is 9.09. The van der Waals surface area contributed by atoms with Gasteiger partial charge in [-0.05, 0) is 23.7 Å². The number of alkyl halides is 1. The van der Waals surface area contributed by atoms with E-state index in [2.05, 4.69) is 15.0 Å². The van der Waals surface area contributed by atoms with E-state index in [0.717, 1.165) is 6.92 Å².